The molecule has 2 heterocycles. The molecule has 1 saturated carbocycles. The van der Waals surface area contributed by atoms with Crippen molar-refractivity contribution in [2.24, 2.45) is 0 Å². The summed E-state index contributed by atoms with van der Waals surface area (Å²) in [6.45, 7) is 0. The fourth-order valence-electron chi connectivity index (χ4n) is 1.69. The van der Waals surface area contributed by atoms with Crippen LogP contribution < -0.4 is 5.32 Å². The van der Waals surface area contributed by atoms with Crippen molar-refractivity contribution in [1.82, 2.24) is 15.0 Å². The second-order valence-electron chi connectivity index (χ2n) is 4.39. The Morgan fingerprint density at radius 2 is 2.16 bits per heavy atom. The summed E-state index contributed by atoms with van der Waals surface area (Å²) in [6.07, 6.45) is 5.06. The van der Waals surface area contributed by atoms with Gasteiger partial charge in [-0.25, -0.2) is 14.8 Å². The van der Waals surface area contributed by atoms with Crippen LogP contribution in [0.1, 0.15) is 23.2 Å². The van der Waals surface area contributed by atoms with Gasteiger partial charge in [0.05, 0.1) is 0 Å². The summed E-state index contributed by atoms with van der Waals surface area (Å²) >= 11 is 0. The smallest absolute Gasteiger partial charge is 0.341 e. The number of anilines is 1. The second kappa shape index (κ2) is 4.64. The number of nitrogens with zero attached hydrogens (tertiary/aromatic N) is 3. The van der Waals surface area contributed by atoms with Crippen molar-refractivity contribution >= 4 is 11.8 Å². The predicted molar refractivity (Wildman–Crippen MR) is 68.9 cm³/mol. The van der Waals surface area contributed by atoms with E-state index in [2.05, 4.69) is 20.3 Å². The van der Waals surface area contributed by atoms with Gasteiger partial charge < -0.3 is 10.4 Å². The number of nitrogens with one attached hydrogen (secondary N) is 1. The fraction of sp³-hybridized carbons (Fsp3) is 0.231. The van der Waals surface area contributed by atoms with E-state index >= 15 is 0 Å². The Hall–Kier alpha value is -2.50. The van der Waals surface area contributed by atoms with Gasteiger partial charge in [-0.15, -0.1) is 0 Å². The number of rotatable bonds is 4. The van der Waals surface area contributed by atoms with Crippen molar-refractivity contribution in [1.29, 1.82) is 0 Å². The maximum Gasteiger partial charge on any atom is 0.341 e. The fourth-order valence-corrected chi connectivity index (χ4v) is 1.69. The third-order valence-electron chi connectivity index (χ3n) is 2.83. The zero-order valence-corrected chi connectivity index (χ0v) is 10.1. The molecule has 1 aliphatic carbocycles. The minimum Gasteiger partial charge on any atom is -0.477 e. The van der Waals surface area contributed by atoms with Crippen molar-refractivity contribution in [3.63, 3.8) is 0 Å². The number of carboxylic acid groups (broad SMARTS) is 1. The van der Waals surface area contributed by atoms with Crippen molar-refractivity contribution in [3.8, 4) is 11.5 Å². The SMILES string of the molecule is O=C(O)c1cnc(-c2ccccn2)nc1NC1CC1. The van der Waals surface area contributed by atoms with E-state index in [0.29, 0.717) is 23.4 Å². The Morgan fingerprint density at radius 1 is 1.32 bits per heavy atom. The highest BCUT2D eigenvalue weighted by Crippen LogP contribution is 2.26. The summed E-state index contributed by atoms with van der Waals surface area (Å²) in [5.74, 6) is -0.241. The molecule has 96 valence electrons. The molecule has 19 heavy (non-hydrogen) atoms. The van der Waals surface area contributed by atoms with Crippen LogP contribution in [-0.4, -0.2) is 32.1 Å². The number of pyridine rings is 1. The first-order chi connectivity index (χ1) is 9.24. The van der Waals surface area contributed by atoms with E-state index < -0.39 is 5.97 Å². The third kappa shape index (κ3) is 2.52. The molecule has 0 aliphatic heterocycles. The summed E-state index contributed by atoms with van der Waals surface area (Å²) in [4.78, 5) is 23.6. The van der Waals surface area contributed by atoms with E-state index in [9.17, 15) is 4.79 Å². The van der Waals surface area contributed by atoms with Crippen LogP contribution in [0.5, 0.6) is 0 Å². The molecule has 0 bridgehead atoms. The minimum atomic E-state index is -1.03. The monoisotopic (exact) mass is 256 g/mol. The van der Waals surface area contributed by atoms with Crippen LogP contribution in [0.4, 0.5) is 5.82 Å². The Bertz CT molecular complexity index is 611. The maximum absolute atomic E-state index is 11.1. The van der Waals surface area contributed by atoms with Gasteiger partial charge in [-0.05, 0) is 25.0 Å². The van der Waals surface area contributed by atoms with E-state index in [1.165, 1.54) is 6.20 Å². The average Bonchev–Trinajstić information content (AvgIpc) is 3.23. The number of aromatic carboxylic acids is 1. The van der Waals surface area contributed by atoms with Gasteiger partial charge in [-0.1, -0.05) is 6.07 Å². The third-order valence-corrected chi connectivity index (χ3v) is 2.83. The molecule has 3 rings (SSSR count). The summed E-state index contributed by atoms with van der Waals surface area (Å²) < 4.78 is 0. The van der Waals surface area contributed by atoms with Gasteiger partial charge in [0.1, 0.15) is 17.1 Å². The van der Waals surface area contributed by atoms with Crippen LogP contribution in [-0.2, 0) is 0 Å². The van der Waals surface area contributed by atoms with Crippen molar-refractivity contribution in [2.45, 2.75) is 18.9 Å². The van der Waals surface area contributed by atoms with Gasteiger partial charge in [0.25, 0.3) is 0 Å². The van der Waals surface area contributed by atoms with Crippen molar-refractivity contribution < 1.29 is 9.90 Å². The summed E-state index contributed by atoms with van der Waals surface area (Å²) in [7, 11) is 0. The lowest BCUT2D eigenvalue weighted by atomic mass is 10.2. The number of hydrogen-bond donors (Lipinski definition) is 2. The zero-order chi connectivity index (χ0) is 13.2. The Balaban J connectivity index is 2.00. The zero-order valence-electron chi connectivity index (χ0n) is 10.1. The number of hydrogen-bond acceptors (Lipinski definition) is 5. The second-order valence-corrected chi connectivity index (χ2v) is 4.39. The average molecular weight is 256 g/mol. The molecule has 0 spiro atoms. The largest absolute Gasteiger partial charge is 0.477 e. The molecule has 2 N–H and O–H groups in total. The van der Waals surface area contributed by atoms with Gasteiger partial charge >= 0.3 is 5.97 Å². The van der Waals surface area contributed by atoms with Gasteiger partial charge in [0.2, 0.25) is 0 Å². The van der Waals surface area contributed by atoms with E-state index in [1.807, 2.05) is 6.07 Å². The van der Waals surface area contributed by atoms with Gasteiger partial charge in [-0.3, -0.25) is 4.98 Å². The van der Waals surface area contributed by atoms with Crippen LogP contribution in [0, 0.1) is 0 Å². The quantitative estimate of drug-likeness (QED) is 0.867. The minimum absolute atomic E-state index is 0.0894. The van der Waals surface area contributed by atoms with Gasteiger partial charge in [-0.2, -0.15) is 0 Å². The normalized spacial score (nSPS) is 14.1. The lowest BCUT2D eigenvalue weighted by Crippen LogP contribution is -2.11. The van der Waals surface area contributed by atoms with E-state index in [4.69, 9.17) is 5.11 Å². The molecule has 1 fully saturated rings. The lowest BCUT2D eigenvalue weighted by molar-refractivity contribution is 0.0697. The Morgan fingerprint density at radius 3 is 2.79 bits per heavy atom. The molecule has 2 aromatic rings. The number of carbonyl (C=O) groups is 1. The molecule has 0 atom stereocenters. The molecule has 2 aromatic heterocycles. The molecule has 6 heteroatoms. The summed E-state index contributed by atoms with van der Waals surface area (Å²) in [5.41, 5.74) is 0.713. The van der Waals surface area contributed by atoms with E-state index in [1.54, 1.807) is 18.3 Å². The van der Waals surface area contributed by atoms with Crippen LogP contribution in [0.15, 0.2) is 30.6 Å². The van der Waals surface area contributed by atoms with Crippen molar-refractivity contribution in [3.05, 3.63) is 36.2 Å². The molecule has 0 aromatic carbocycles. The molecular formula is C13H12N4O2. The molecular weight excluding hydrogens is 244 g/mol. The topological polar surface area (TPSA) is 88.0 Å². The summed E-state index contributed by atoms with van der Waals surface area (Å²) in [6, 6.07) is 5.75. The molecule has 6 nitrogen and oxygen atoms in total. The Labute approximate surface area is 109 Å². The molecule has 0 saturated heterocycles. The van der Waals surface area contributed by atoms with E-state index in [-0.39, 0.29) is 5.56 Å². The first kappa shape index (κ1) is 11.6. The number of carboxylic acids is 1. The standard InChI is InChI=1S/C13H12N4O2/c18-13(19)9-7-15-12(10-3-1-2-6-14-10)17-11(9)16-8-4-5-8/h1-3,6-8H,4-5H2,(H,18,19)(H,15,16,17). The molecule has 0 radical (unpaired) electrons. The van der Waals surface area contributed by atoms with Crippen LogP contribution in [0.25, 0.3) is 11.5 Å². The van der Waals surface area contributed by atoms with E-state index in [0.717, 1.165) is 12.8 Å². The lowest BCUT2D eigenvalue weighted by Gasteiger charge is -2.08. The molecule has 0 unspecified atom stereocenters. The first-order valence-corrected chi connectivity index (χ1v) is 6.02. The van der Waals surface area contributed by atoms with Crippen LogP contribution in [0.3, 0.4) is 0 Å². The van der Waals surface area contributed by atoms with Gasteiger partial charge in [0, 0.05) is 18.4 Å². The predicted octanol–water partition coefficient (Wildman–Crippen LogP) is 1.81. The summed E-state index contributed by atoms with van der Waals surface area (Å²) in [5, 5.41) is 12.2. The maximum atomic E-state index is 11.1. The Kier molecular flexibility index (Phi) is 2.83. The number of aromatic nitrogens is 3. The van der Waals surface area contributed by atoms with Crippen LogP contribution >= 0.6 is 0 Å². The van der Waals surface area contributed by atoms with Crippen LogP contribution in [0.2, 0.25) is 0 Å². The highest BCUT2D eigenvalue weighted by atomic mass is 16.4. The molecule has 0 amide bonds. The van der Waals surface area contributed by atoms with Crippen molar-refractivity contribution in [2.75, 3.05) is 5.32 Å². The molecule has 1 aliphatic rings. The highest BCUT2D eigenvalue weighted by Gasteiger charge is 2.24. The highest BCUT2D eigenvalue weighted by molar-refractivity contribution is 5.93. The first-order valence-electron chi connectivity index (χ1n) is 6.02. The van der Waals surface area contributed by atoms with Gasteiger partial charge in [0.15, 0.2) is 5.82 Å².